The van der Waals surface area contributed by atoms with Crippen LogP contribution in [0.1, 0.15) is 25.3 Å². The second-order valence-electron chi connectivity index (χ2n) is 6.01. The molecule has 0 aromatic heterocycles. The molecule has 1 saturated heterocycles. The van der Waals surface area contributed by atoms with Gasteiger partial charge in [0.2, 0.25) is 0 Å². The van der Waals surface area contributed by atoms with Crippen molar-refractivity contribution >= 4 is 0 Å². The summed E-state index contributed by atoms with van der Waals surface area (Å²) in [5.74, 6) is 0.840. The number of rotatable bonds is 3. The minimum Gasteiger partial charge on any atom is -0.299 e. The van der Waals surface area contributed by atoms with E-state index in [1.165, 1.54) is 42.6 Å². The number of hydrogen-bond donors (Lipinski definition) is 0. The molecule has 1 heteroatoms. The zero-order valence-corrected chi connectivity index (χ0v) is 12.3. The Bertz CT molecular complexity index is 547. The van der Waals surface area contributed by atoms with Crippen LogP contribution in [0, 0.1) is 5.92 Å². The van der Waals surface area contributed by atoms with Gasteiger partial charge in [-0.1, -0.05) is 61.5 Å². The van der Waals surface area contributed by atoms with Crippen LogP contribution in [0.5, 0.6) is 0 Å². The first-order valence-electron chi connectivity index (χ1n) is 7.68. The van der Waals surface area contributed by atoms with Gasteiger partial charge in [0.25, 0.3) is 0 Å². The molecule has 1 nitrogen and oxygen atoms in total. The van der Waals surface area contributed by atoms with Gasteiger partial charge >= 0.3 is 0 Å². The summed E-state index contributed by atoms with van der Waals surface area (Å²) in [7, 11) is 0. The molecule has 0 amide bonds. The monoisotopic (exact) mass is 265 g/mol. The zero-order chi connectivity index (χ0) is 13.8. The van der Waals surface area contributed by atoms with Gasteiger partial charge in [-0.25, -0.2) is 0 Å². The fourth-order valence-electron chi connectivity index (χ4n) is 3.23. The summed E-state index contributed by atoms with van der Waals surface area (Å²) in [6, 6.07) is 19.6. The molecule has 0 spiro atoms. The van der Waals surface area contributed by atoms with Gasteiger partial charge < -0.3 is 0 Å². The van der Waals surface area contributed by atoms with Gasteiger partial charge in [0.05, 0.1) is 0 Å². The van der Waals surface area contributed by atoms with E-state index >= 15 is 0 Å². The average Bonchev–Trinajstić information content (AvgIpc) is 2.49. The highest BCUT2D eigenvalue weighted by Gasteiger charge is 2.17. The SMILES string of the molecule is C[C@@H]1CCCN(Cc2ccccc2-c2ccccc2)C1. The first-order chi connectivity index (χ1) is 9.83. The van der Waals surface area contributed by atoms with Crippen LogP contribution < -0.4 is 0 Å². The van der Waals surface area contributed by atoms with Gasteiger partial charge in [-0.3, -0.25) is 4.90 Å². The lowest BCUT2D eigenvalue weighted by atomic mass is 9.96. The Labute approximate surface area is 122 Å². The Morgan fingerprint density at radius 3 is 2.55 bits per heavy atom. The molecule has 3 rings (SSSR count). The lowest BCUT2D eigenvalue weighted by Gasteiger charge is -2.31. The summed E-state index contributed by atoms with van der Waals surface area (Å²) in [5, 5.41) is 0. The number of hydrogen-bond acceptors (Lipinski definition) is 1. The average molecular weight is 265 g/mol. The van der Waals surface area contributed by atoms with Crippen molar-refractivity contribution in [1.29, 1.82) is 0 Å². The number of likely N-dealkylation sites (tertiary alicyclic amines) is 1. The van der Waals surface area contributed by atoms with Crippen molar-refractivity contribution < 1.29 is 0 Å². The topological polar surface area (TPSA) is 3.24 Å². The summed E-state index contributed by atoms with van der Waals surface area (Å²) < 4.78 is 0. The molecule has 2 aromatic rings. The molecule has 1 aliphatic heterocycles. The molecule has 0 radical (unpaired) electrons. The van der Waals surface area contributed by atoms with Crippen molar-refractivity contribution in [3.63, 3.8) is 0 Å². The van der Waals surface area contributed by atoms with Crippen LogP contribution in [0.4, 0.5) is 0 Å². The summed E-state index contributed by atoms with van der Waals surface area (Å²) in [6.07, 6.45) is 2.73. The molecule has 104 valence electrons. The number of nitrogens with zero attached hydrogens (tertiary/aromatic N) is 1. The molecule has 1 heterocycles. The van der Waals surface area contributed by atoms with Crippen molar-refractivity contribution in [1.82, 2.24) is 4.90 Å². The van der Waals surface area contributed by atoms with Crippen molar-refractivity contribution in [2.45, 2.75) is 26.3 Å². The van der Waals surface area contributed by atoms with Crippen LogP contribution in [0.25, 0.3) is 11.1 Å². The zero-order valence-electron chi connectivity index (χ0n) is 12.3. The maximum absolute atomic E-state index is 2.61. The Hall–Kier alpha value is -1.60. The maximum Gasteiger partial charge on any atom is 0.0240 e. The Morgan fingerprint density at radius 1 is 1.00 bits per heavy atom. The largest absolute Gasteiger partial charge is 0.299 e. The highest BCUT2D eigenvalue weighted by Crippen LogP contribution is 2.26. The predicted octanol–water partition coefficient (Wildman–Crippen LogP) is 4.59. The van der Waals surface area contributed by atoms with Crippen molar-refractivity contribution in [3.05, 3.63) is 60.2 Å². The van der Waals surface area contributed by atoms with Crippen LogP contribution in [-0.2, 0) is 6.54 Å². The molecular weight excluding hydrogens is 242 g/mol. The third-order valence-electron chi connectivity index (χ3n) is 4.24. The summed E-state index contributed by atoms with van der Waals surface area (Å²) >= 11 is 0. The molecule has 20 heavy (non-hydrogen) atoms. The van der Waals surface area contributed by atoms with E-state index in [4.69, 9.17) is 0 Å². The minimum atomic E-state index is 0.840. The van der Waals surface area contributed by atoms with Crippen LogP contribution in [-0.4, -0.2) is 18.0 Å². The molecule has 2 aromatic carbocycles. The summed E-state index contributed by atoms with van der Waals surface area (Å²) in [6.45, 7) is 5.93. The van der Waals surface area contributed by atoms with E-state index in [-0.39, 0.29) is 0 Å². The second kappa shape index (κ2) is 6.23. The highest BCUT2D eigenvalue weighted by molar-refractivity contribution is 5.67. The van der Waals surface area contributed by atoms with E-state index in [1.807, 2.05) is 0 Å². The molecule has 1 atom stereocenters. The number of benzene rings is 2. The van der Waals surface area contributed by atoms with Crippen LogP contribution in [0.2, 0.25) is 0 Å². The van der Waals surface area contributed by atoms with Gasteiger partial charge in [-0.15, -0.1) is 0 Å². The first kappa shape index (κ1) is 13.4. The molecule has 0 saturated carbocycles. The van der Waals surface area contributed by atoms with E-state index in [1.54, 1.807) is 0 Å². The molecule has 0 aliphatic carbocycles. The maximum atomic E-state index is 2.61. The Kier molecular flexibility index (Phi) is 4.17. The van der Waals surface area contributed by atoms with Crippen molar-refractivity contribution in [2.24, 2.45) is 5.92 Å². The van der Waals surface area contributed by atoms with Crippen molar-refractivity contribution in [2.75, 3.05) is 13.1 Å². The molecule has 0 N–H and O–H groups in total. The fraction of sp³-hybridized carbons (Fsp3) is 0.368. The van der Waals surface area contributed by atoms with Gasteiger partial charge in [0.1, 0.15) is 0 Å². The summed E-state index contributed by atoms with van der Waals surface area (Å²) in [5.41, 5.74) is 4.16. The van der Waals surface area contributed by atoms with E-state index in [0.29, 0.717) is 0 Å². The van der Waals surface area contributed by atoms with Crippen LogP contribution >= 0.6 is 0 Å². The standard InChI is InChI=1S/C19H23N/c1-16-8-7-13-20(14-16)15-18-11-5-6-12-19(18)17-9-3-2-4-10-17/h2-6,9-12,16H,7-8,13-15H2,1H3/t16-/m1/s1. The van der Waals surface area contributed by atoms with E-state index < -0.39 is 0 Å². The van der Waals surface area contributed by atoms with Crippen LogP contribution in [0.3, 0.4) is 0 Å². The molecule has 0 bridgehead atoms. The van der Waals surface area contributed by atoms with Gasteiger partial charge in [0, 0.05) is 13.1 Å². The summed E-state index contributed by atoms with van der Waals surface area (Å²) in [4.78, 5) is 2.61. The Balaban J connectivity index is 1.83. The fourth-order valence-corrected chi connectivity index (χ4v) is 3.23. The second-order valence-corrected chi connectivity index (χ2v) is 6.01. The normalized spacial score (nSPS) is 19.9. The van der Waals surface area contributed by atoms with E-state index in [2.05, 4.69) is 66.4 Å². The molecular formula is C19H23N. The third-order valence-corrected chi connectivity index (χ3v) is 4.24. The predicted molar refractivity (Wildman–Crippen MR) is 85.6 cm³/mol. The molecule has 1 aliphatic rings. The quantitative estimate of drug-likeness (QED) is 0.785. The van der Waals surface area contributed by atoms with Gasteiger partial charge in [-0.2, -0.15) is 0 Å². The minimum absolute atomic E-state index is 0.840. The smallest absolute Gasteiger partial charge is 0.0240 e. The van der Waals surface area contributed by atoms with Crippen LogP contribution in [0.15, 0.2) is 54.6 Å². The van der Waals surface area contributed by atoms with E-state index in [0.717, 1.165) is 12.5 Å². The van der Waals surface area contributed by atoms with E-state index in [9.17, 15) is 0 Å². The lowest BCUT2D eigenvalue weighted by molar-refractivity contribution is 0.177. The molecule has 0 unspecified atom stereocenters. The Morgan fingerprint density at radius 2 is 1.75 bits per heavy atom. The van der Waals surface area contributed by atoms with Crippen molar-refractivity contribution in [3.8, 4) is 11.1 Å². The molecule has 1 fully saturated rings. The third kappa shape index (κ3) is 3.10. The first-order valence-corrected chi connectivity index (χ1v) is 7.68. The highest BCUT2D eigenvalue weighted by atomic mass is 15.1. The number of piperidine rings is 1. The lowest BCUT2D eigenvalue weighted by Crippen LogP contribution is -2.33. The van der Waals surface area contributed by atoms with Gasteiger partial charge in [-0.05, 0) is 42.0 Å². The van der Waals surface area contributed by atoms with Gasteiger partial charge in [0.15, 0.2) is 0 Å².